The lowest BCUT2D eigenvalue weighted by Crippen LogP contribution is -2.41. The molecule has 0 aromatic heterocycles. The van der Waals surface area contributed by atoms with Crippen LogP contribution in [0, 0.1) is 11.3 Å². The Morgan fingerprint density at radius 2 is 1.61 bits per heavy atom. The van der Waals surface area contributed by atoms with Gasteiger partial charge in [-0.05, 0) is 29.3 Å². The first kappa shape index (κ1) is 26.5. The first-order chi connectivity index (χ1) is 18.3. The van der Waals surface area contributed by atoms with E-state index < -0.39 is 24.0 Å². The van der Waals surface area contributed by atoms with E-state index in [1.807, 2.05) is 6.07 Å². The number of aliphatic hydroxyl groups is 1. The van der Waals surface area contributed by atoms with Crippen LogP contribution in [0.4, 0.5) is 5.69 Å². The van der Waals surface area contributed by atoms with Crippen LogP contribution >= 0.6 is 11.6 Å². The molecule has 0 amide bonds. The highest BCUT2D eigenvalue weighted by Gasteiger charge is 2.43. The summed E-state index contributed by atoms with van der Waals surface area (Å²) in [5, 5.41) is 21.9. The van der Waals surface area contributed by atoms with Gasteiger partial charge < -0.3 is 20.3 Å². The summed E-state index contributed by atoms with van der Waals surface area (Å²) in [6, 6.07) is 24.3. The van der Waals surface area contributed by atoms with Gasteiger partial charge in [0.15, 0.2) is 0 Å². The molecule has 3 N–H and O–H groups in total. The normalized spacial score (nSPS) is 16.1. The fourth-order valence-electron chi connectivity index (χ4n) is 4.53. The fourth-order valence-corrected chi connectivity index (χ4v) is 4.71. The van der Waals surface area contributed by atoms with Crippen molar-refractivity contribution < 1.29 is 24.2 Å². The Morgan fingerprint density at radius 3 is 2.18 bits per heavy atom. The van der Waals surface area contributed by atoms with Crippen LogP contribution < -0.4 is 10.6 Å². The summed E-state index contributed by atoms with van der Waals surface area (Å²) in [6.45, 7) is 0. The molecule has 2 atom stereocenters. The molecule has 9 heteroatoms. The molecule has 3 aromatic carbocycles. The summed E-state index contributed by atoms with van der Waals surface area (Å²) in [5.74, 6) is -2.85. The van der Waals surface area contributed by atoms with Crippen molar-refractivity contribution in [2.24, 2.45) is 5.73 Å². The van der Waals surface area contributed by atoms with Crippen LogP contribution in [0.1, 0.15) is 28.7 Å². The quantitative estimate of drug-likeness (QED) is 0.452. The number of benzene rings is 3. The number of nitrogens with two attached hydrogens (primary N) is 1. The zero-order valence-corrected chi connectivity index (χ0v) is 21.3. The molecule has 192 valence electrons. The molecule has 0 saturated heterocycles. The van der Waals surface area contributed by atoms with Gasteiger partial charge in [0.25, 0.3) is 0 Å². The maximum Gasteiger partial charge on any atom is 0.355 e. The highest BCUT2D eigenvalue weighted by atomic mass is 35.5. The lowest BCUT2D eigenvalue weighted by molar-refractivity contribution is -0.139. The van der Waals surface area contributed by atoms with E-state index >= 15 is 0 Å². The lowest BCUT2D eigenvalue weighted by Gasteiger charge is -2.37. The Bertz CT molecular complexity index is 1480. The highest BCUT2D eigenvalue weighted by molar-refractivity contribution is 6.30. The summed E-state index contributed by atoms with van der Waals surface area (Å²) < 4.78 is 10.2. The van der Waals surface area contributed by atoms with Gasteiger partial charge in [-0.2, -0.15) is 5.26 Å². The number of esters is 2. The highest BCUT2D eigenvalue weighted by Crippen LogP contribution is 2.45. The van der Waals surface area contributed by atoms with E-state index in [1.165, 1.54) is 25.2 Å². The Hall–Kier alpha value is -4.58. The standard InChI is InChI=1S/C29H24ClN3O5/c1-37-28(35)24-23(17-9-5-3-6-10-17)21(16-31)27(32)33(25(24)29(36)38-2)22-14-13-19(30)15-20(22)26(34)18-11-7-4-8-12-18/h3-15,23,26,34H,32H2,1-2H3. The third kappa shape index (κ3) is 4.73. The van der Waals surface area contributed by atoms with Crippen molar-refractivity contribution >= 4 is 29.2 Å². The number of carbonyl (C=O) groups is 2. The Kier molecular flexibility index (Phi) is 7.82. The van der Waals surface area contributed by atoms with Crippen LogP contribution in [0.3, 0.4) is 0 Å². The van der Waals surface area contributed by atoms with Gasteiger partial charge in [-0.15, -0.1) is 0 Å². The summed E-state index contributed by atoms with van der Waals surface area (Å²) >= 11 is 6.31. The third-order valence-corrected chi connectivity index (χ3v) is 6.49. The summed E-state index contributed by atoms with van der Waals surface area (Å²) in [5.41, 5.74) is 7.85. The molecule has 1 aliphatic heterocycles. The van der Waals surface area contributed by atoms with Crippen molar-refractivity contribution in [3.8, 4) is 6.07 Å². The number of allylic oxidation sites excluding steroid dienone is 1. The number of carbonyl (C=O) groups excluding carboxylic acids is 2. The van der Waals surface area contributed by atoms with Crippen molar-refractivity contribution in [1.29, 1.82) is 5.26 Å². The smallest absolute Gasteiger partial charge is 0.355 e. The largest absolute Gasteiger partial charge is 0.466 e. The van der Waals surface area contributed by atoms with E-state index in [9.17, 15) is 20.0 Å². The molecular weight excluding hydrogens is 506 g/mol. The first-order valence-electron chi connectivity index (χ1n) is 11.5. The minimum absolute atomic E-state index is 0.0133. The minimum atomic E-state index is -1.18. The van der Waals surface area contributed by atoms with E-state index in [2.05, 4.69) is 6.07 Å². The molecular formula is C29H24ClN3O5. The van der Waals surface area contributed by atoms with Crippen molar-refractivity contribution in [2.45, 2.75) is 12.0 Å². The number of nitriles is 1. The topological polar surface area (TPSA) is 126 Å². The SMILES string of the molecule is COC(=O)C1=C(C(=O)OC)N(c2ccc(Cl)cc2C(O)c2ccccc2)C(N)=C(C#N)C1c1ccccc1. The average molecular weight is 530 g/mol. The number of nitrogens with zero attached hydrogens (tertiary/aromatic N) is 2. The molecule has 1 aliphatic rings. The van der Waals surface area contributed by atoms with E-state index in [0.717, 1.165) is 0 Å². The molecule has 2 unspecified atom stereocenters. The zero-order valence-electron chi connectivity index (χ0n) is 20.6. The molecule has 1 heterocycles. The summed E-state index contributed by atoms with van der Waals surface area (Å²) in [4.78, 5) is 27.8. The van der Waals surface area contributed by atoms with Crippen molar-refractivity contribution in [3.63, 3.8) is 0 Å². The molecule has 0 spiro atoms. The van der Waals surface area contributed by atoms with Gasteiger partial charge >= 0.3 is 11.9 Å². The Labute approximate surface area is 224 Å². The van der Waals surface area contributed by atoms with E-state index in [1.54, 1.807) is 66.7 Å². The molecule has 0 bridgehead atoms. The van der Waals surface area contributed by atoms with Crippen molar-refractivity contribution in [3.05, 3.63) is 123 Å². The molecule has 0 fully saturated rings. The van der Waals surface area contributed by atoms with Gasteiger partial charge in [0, 0.05) is 10.6 Å². The number of rotatable bonds is 6. The second-order valence-corrected chi connectivity index (χ2v) is 8.79. The Morgan fingerprint density at radius 1 is 1.00 bits per heavy atom. The van der Waals surface area contributed by atoms with Crippen LogP contribution in [-0.2, 0) is 19.1 Å². The van der Waals surface area contributed by atoms with E-state index in [4.69, 9.17) is 26.8 Å². The fraction of sp³-hybridized carbons (Fsp3) is 0.138. The average Bonchev–Trinajstić information content (AvgIpc) is 2.96. The Balaban J connectivity index is 2.07. The number of hydrogen-bond acceptors (Lipinski definition) is 8. The van der Waals surface area contributed by atoms with Gasteiger partial charge in [-0.1, -0.05) is 72.3 Å². The van der Waals surface area contributed by atoms with Crippen LogP contribution in [-0.4, -0.2) is 31.3 Å². The number of halogens is 1. The maximum absolute atomic E-state index is 13.3. The number of anilines is 1. The predicted octanol–water partition coefficient (Wildman–Crippen LogP) is 4.32. The third-order valence-electron chi connectivity index (χ3n) is 6.25. The van der Waals surface area contributed by atoms with Gasteiger partial charge in [0.1, 0.15) is 17.6 Å². The molecule has 38 heavy (non-hydrogen) atoms. The number of methoxy groups -OCH3 is 2. The number of aliphatic hydroxyl groups excluding tert-OH is 1. The summed E-state index contributed by atoms with van der Waals surface area (Å²) in [6.07, 6.45) is -1.18. The number of ether oxygens (including phenoxy) is 2. The van der Waals surface area contributed by atoms with Gasteiger partial charge in [-0.3, -0.25) is 4.90 Å². The van der Waals surface area contributed by atoms with Crippen LogP contribution in [0.25, 0.3) is 0 Å². The molecule has 4 rings (SSSR count). The molecule has 8 nitrogen and oxygen atoms in total. The second-order valence-electron chi connectivity index (χ2n) is 8.35. The number of hydrogen-bond donors (Lipinski definition) is 2. The molecule has 0 aliphatic carbocycles. The molecule has 0 saturated carbocycles. The maximum atomic E-state index is 13.3. The van der Waals surface area contributed by atoms with Crippen molar-refractivity contribution in [1.82, 2.24) is 0 Å². The summed E-state index contributed by atoms with van der Waals surface area (Å²) in [7, 11) is 2.35. The van der Waals surface area contributed by atoms with Gasteiger partial charge in [0.2, 0.25) is 0 Å². The van der Waals surface area contributed by atoms with Crippen LogP contribution in [0.15, 0.2) is 102 Å². The van der Waals surface area contributed by atoms with Gasteiger partial charge in [-0.25, -0.2) is 9.59 Å². The first-order valence-corrected chi connectivity index (χ1v) is 11.9. The minimum Gasteiger partial charge on any atom is -0.466 e. The lowest BCUT2D eigenvalue weighted by atomic mass is 9.80. The monoisotopic (exact) mass is 529 g/mol. The van der Waals surface area contributed by atoms with Gasteiger partial charge in [0.05, 0.1) is 43.0 Å². The van der Waals surface area contributed by atoms with Crippen LogP contribution in [0.2, 0.25) is 5.02 Å². The second kappa shape index (κ2) is 11.2. The molecule has 3 aromatic rings. The van der Waals surface area contributed by atoms with Crippen LogP contribution in [0.5, 0.6) is 0 Å². The van der Waals surface area contributed by atoms with Crippen molar-refractivity contribution in [2.75, 3.05) is 19.1 Å². The van der Waals surface area contributed by atoms with E-state index in [-0.39, 0.29) is 33.9 Å². The zero-order chi connectivity index (χ0) is 27.4. The van der Waals surface area contributed by atoms with E-state index in [0.29, 0.717) is 16.1 Å². The molecule has 0 radical (unpaired) electrons. The predicted molar refractivity (Wildman–Crippen MR) is 142 cm³/mol.